The molecule has 2 aliphatic rings. The molecule has 5 atom stereocenters. The molecule has 8 nitrogen and oxygen atoms in total. The number of aliphatic carboxylic acids is 1. The molecule has 0 saturated carbocycles. The van der Waals surface area contributed by atoms with Gasteiger partial charge in [0, 0.05) is 28.4 Å². The summed E-state index contributed by atoms with van der Waals surface area (Å²) in [5.74, 6) is -1.83. The van der Waals surface area contributed by atoms with Crippen molar-refractivity contribution in [3.8, 4) is 0 Å². The summed E-state index contributed by atoms with van der Waals surface area (Å²) in [4.78, 5) is 27.4. The maximum absolute atomic E-state index is 12.9. The molecule has 1 heterocycles. The van der Waals surface area contributed by atoms with Gasteiger partial charge in [-0.05, 0) is 57.4 Å². The Kier molecular flexibility index (Phi) is 6.91. The summed E-state index contributed by atoms with van der Waals surface area (Å²) in [7, 11) is 0. The Hall–Kier alpha value is -1.89. The van der Waals surface area contributed by atoms with Crippen molar-refractivity contribution in [3.63, 3.8) is 0 Å². The summed E-state index contributed by atoms with van der Waals surface area (Å²) in [5, 5.41) is 13.2. The third-order valence-corrected chi connectivity index (χ3v) is 6.36. The number of azide groups is 1. The molecule has 1 fully saturated rings. The third kappa shape index (κ3) is 4.74. The summed E-state index contributed by atoms with van der Waals surface area (Å²) < 4.78 is 11.8. The van der Waals surface area contributed by atoms with E-state index in [0.29, 0.717) is 38.0 Å². The van der Waals surface area contributed by atoms with E-state index in [9.17, 15) is 14.7 Å². The molecule has 0 spiro atoms. The smallest absolute Gasteiger partial charge is 0.331 e. The quantitative estimate of drug-likeness (QED) is 0.378. The van der Waals surface area contributed by atoms with Gasteiger partial charge >= 0.3 is 5.97 Å². The largest absolute Gasteiger partial charge is 0.478 e. The second-order valence-corrected chi connectivity index (χ2v) is 8.67. The fraction of sp³-hybridized carbons (Fsp3) is 0.800. The summed E-state index contributed by atoms with van der Waals surface area (Å²) in [6.07, 6.45) is 2.73. The van der Waals surface area contributed by atoms with Gasteiger partial charge in [-0.2, -0.15) is 0 Å². The first kappa shape index (κ1) is 22.4. The first-order valence-corrected chi connectivity index (χ1v) is 9.80. The fourth-order valence-electron chi connectivity index (χ4n) is 4.43. The van der Waals surface area contributed by atoms with Crippen LogP contribution in [0.15, 0.2) is 16.8 Å². The van der Waals surface area contributed by atoms with Crippen LogP contribution in [0.5, 0.6) is 0 Å². The van der Waals surface area contributed by atoms with Crippen LogP contribution < -0.4 is 0 Å². The molecule has 2 rings (SSSR count). The van der Waals surface area contributed by atoms with Crippen LogP contribution >= 0.6 is 0 Å². The standard InChI is InChI=1S/C20H31N3O5/c1-12(13(2)10-22-23-21)9-20(14(3)24)7-6-15(18(25)26)8-16(20)17-11-27-19(4,5)28-17/h8,12-13,16-17H,6-7,9-11H2,1-5H3,(H,25,26)/t12-,13-,16+,17+,20-/m0/s1. The van der Waals surface area contributed by atoms with E-state index in [0.717, 1.165) is 0 Å². The minimum atomic E-state index is -0.954. The average molecular weight is 393 g/mol. The zero-order chi connectivity index (χ0) is 21.1. The summed E-state index contributed by atoms with van der Waals surface area (Å²) in [5.41, 5.74) is 8.18. The average Bonchev–Trinajstić information content (AvgIpc) is 2.98. The molecule has 1 aliphatic carbocycles. The number of nitrogens with zero attached hydrogens (tertiary/aromatic N) is 3. The Balaban J connectivity index is 2.39. The number of ether oxygens (including phenoxy) is 2. The van der Waals surface area contributed by atoms with Crippen LogP contribution in [0.25, 0.3) is 10.4 Å². The van der Waals surface area contributed by atoms with Crippen molar-refractivity contribution in [1.82, 2.24) is 0 Å². The lowest BCUT2D eigenvalue weighted by molar-refractivity contribution is -0.156. The highest BCUT2D eigenvalue weighted by Gasteiger charge is 2.52. The second kappa shape index (κ2) is 8.64. The molecule has 0 amide bonds. The zero-order valence-corrected chi connectivity index (χ0v) is 17.3. The number of carbonyl (C=O) groups is 2. The summed E-state index contributed by atoms with van der Waals surface area (Å²) in [6, 6.07) is 0. The van der Waals surface area contributed by atoms with E-state index < -0.39 is 17.2 Å². The van der Waals surface area contributed by atoms with Gasteiger partial charge in [-0.3, -0.25) is 4.79 Å². The van der Waals surface area contributed by atoms with E-state index in [1.165, 1.54) is 0 Å². The van der Waals surface area contributed by atoms with Crippen molar-refractivity contribution in [3.05, 3.63) is 22.1 Å². The van der Waals surface area contributed by atoms with Gasteiger partial charge in [0.1, 0.15) is 5.78 Å². The van der Waals surface area contributed by atoms with E-state index in [1.54, 1.807) is 13.0 Å². The number of Topliss-reactive ketones (excluding diaryl/α,β-unsaturated/α-hetero) is 1. The highest BCUT2D eigenvalue weighted by molar-refractivity contribution is 5.89. The first-order chi connectivity index (χ1) is 13.0. The highest BCUT2D eigenvalue weighted by atomic mass is 16.7. The Morgan fingerprint density at radius 1 is 1.39 bits per heavy atom. The third-order valence-electron chi connectivity index (χ3n) is 6.36. The Labute approximate surface area is 165 Å². The van der Waals surface area contributed by atoms with Crippen LogP contribution in [0.3, 0.4) is 0 Å². The lowest BCUT2D eigenvalue weighted by Gasteiger charge is -2.45. The van der Waals surface area contributed by atoms with Crippen LogP contribution in [-0.2, 0) is 19.1 Å². The summed E-state index contributed by atoms with van der Waals surface area (Å²) >= 11 is 0. The molecule has 156 valence electrons. The Morgan fingerprint density at radius 3 is 2.57 bits per heavy atom. The SMILES string of the molecule is CC(=O)[C@@]1(C[C@H](C)[C@@H](C)CN=[N+]=[N-])CCC(C(=O)O)=C[C@@H]1[C@H]1COC(C)(C)O1. The molecule has 0 radical (unpaired) electrons. The van der Waals surface area contributed by atoms with Gasteiger partial charge in [-0.15, -0.1) is 0 Å². The molecule has 0 aromatic carbocycles. The molecule has 0 aromatic rings. The lowest BCUT2D eigenvalue weighted by Crippen LogP contribution is -2.47. The minimum Gasteiger partial charge on any atom is -0.478 e. The van der Waals surface area contributed by atoms with Gasteiger partial charge in [0.25, 0.3) is 0 Å². The van der Waals surface area contributed by atoms with Gasteiger partial charge in [-0.25, -0.2) is 4.79 Å². The van der Waals surface area contributed by atoms with Crippen LogP contribution in [0.2, 0.25) is 0 Å². The molecule has 0 bridgehead atoms. The number of hydrogen-bond donors (Lipinski definition) is 1. The van der Waals surface area contributed by atoms with E-state index in [-0.39, 0.29) is 29.6 Å². The van der Waals surface area contributed by atoms with Crippen LogP contribution in [0.1, 0.15) is 53.9 Å². The fourth-order valence-corrected chi connectivity index (χ4v) is 4.43. The van der Waals surface area contributed by atoms with Crippen LogP contribution in [0.4, 0.5) is 0 Å². The monoisotopic (exact) mass is 393 g/mol. The number of rotatable bonds is 8. The zero-order valence-electron chi connectivity index (χ0n) is 17.3. The van der Waals surface area contributed by atoms with Crippen molar-refractivity contribution in [2.75, 3.05) is 13.2 Å². The number of hydrogen-bond acceptors (Lipinski definition) is 5. The molecule has 1 N–H and O–H groups in total. The molecule has 8 heteroatoms. The highest BCUT2D eigenvalue weighted by Crippen LogP contribution is 2.50. The predicted molar refractivity (Wildman–Crippen MR) is 103 cm³/mol. The number of ketones is 1. The van der Waals surface area contributed by atoms with E-state index in [4.69, 9.17) is 15.0 Å². The van der Waals surface area contributed by atoms with Gasteiger partial charge in [0.15, 0.2) is 5.79 Å². The number of carbonyl (C=O) groups excluding carboxylic acids is 1. The molecular formula is C20H31N3O5. The number of carboxylic acid groups (broad SMARTS) is 1. The van der Waals surface area contributed by atoms with Crippen LogP contribution in [-0.4, -0.2) is 41.9 Å². The van der Waals surface area contributed by atoms with E-state index in [1.807, 2.05) is 27.7 Å². The Morgan fingerprint density at radius 2 is 2.07 bits per heavy atom. The lowest BCUT2D eigenvalue weighted by atomic mass is 9.59. The normalized spacial score (nSPS) is 31.4. The van der Waals surface area contributed by atoms with Gasteiger partial charge < -0.3 is 14.6 Å². The molecule has 1 saturated heterocycles. The maximum atomic E-state index is 12.9. The van der Waals surface area contributed by atoms with Gasteiger partial charge in [0.2, 0.25) is 0 Å². The van der Waals surface area contributed by atoms with E-state index >= 15 is 0 Å². The van der Waals surface area contributed by atoms with Crippen molar-refractivity contribution < 1.29 is 24.2 Å². The topological polar surface area (TPSA) is 122 Å². The Bertz CT molecular complexity index is 698. The molecule has 28 heavy (non-hydrogen) atoms. The predicted octanol–water partition coefficient (Wildman–Crippen LogP) is 4.11. The number of carboxylic acids is 1. The molecule has 1 aliphatic heterocycles. The molecule has 0 unspecified atom stereocenters. The van der Waals surface area contributed by atoms with Crippen molar-refractivity contribution in [2.24, 2.45) is 28.3 Å². The first-order valence-electron chi connectivity index (χ1n) is 9.80. The van der Waals surface area contributed by atoms with E-state index in [2.05, 4.69) is 10.0 Å². The van der Waals surface area contributed by atoms with Crippen molar-refractivity contribution >= 4 is 11.8 Å². The molecular weight excluding hydrogens is 362 g/mol. The summed E-state index contributed by atoms with van der Waals surface area (Å²) in [6.45, 7) is 9.95. The van der Waals surface area contributed by atoms with Gasteiger partial charge in [0.05, 0.1) is 12.7 Å². The minimum absolute atomic E-state index is 0.0364. The van der Waals surface area contributed by atoms with Crippen molar-refractivity contribution in [1.29, 1.82) is 0 Å². The second-order valence-electron chi connectivity index (χ2n) is 8.67. The van der Waals surface area contributed by atoms with Gasteiger partial charge in [-0.1, -0.05) is 25.0 Å². The molecule has 0 aromatic heterocycles. The maximum Gasteiger partial charge on any atom is 0.331 e. The van der Waals surface area contributed by atoms with Crippen LogP contribution in [0, 0.1) is 23.2 Å². The van der Waals surface area contributed by atoms with Crippen molar-refractivity contribution in [2.45, 2.75) is 65.8 Å².